The largest absolute Gasteiger partial charge is 0.321 e. The van der Waals surface area contributed by atoms with Crippen LogP contribution in [0, 0.1) is 0 Å². The van der Waals surface area contributed by atoms with E-state index in [0.29, 0.717) is 21.3 Å². The van der Waals surface area contributed by atoms with Crippen molar-refractivity contribution < 1.29 is 9.59 Å². The van der Waals surface area contributed by atoms with Crippen LogP contribution in [0.25, 0.3) is 10.2 Å². The Kier molecular flexibility index (Phi) is 4.47. The van der Waals surface area contributed by atoms with Gasteiger partial charge in [0.25, 0.3) is 11.8 Å². The first-order valence-corrected chi connectivity index (χ1v) is 9.51. The second kappa shape index (κ2) is 7.07. The number of fused-ring (bicyclic) bond motifs is 1. The van der Waals surface area contributed by atoms with Crippen LogP contribution in [-0.4, -0.2) is 16.8 Å². The lowest BCUT2D eigenvalue weighted by Gasteiger charge is -2.09. The third-order valence-corrected chi connectivity index (χ3v) is 5.50. The van der Waals surface area contributed by atoms with Gasteiger partial charge in [0.2, 0.25) is 0 Å². The van der Waals surface area contributed by atoms with Crippen LogP contribution in [0.5, 0.6) is 0 Å². The number of amides is 2. The summed E-state index contributed by atoms with van der Waals surface area (Å²) in [5.74, 6) is -0.550. The maximum absolute atomic E-state index is 12.7. The normalized spacial score (nSPS) is 10.6. The van der Waals surface area contributed by atoms with E-state index < -0.39 is 0 Å². The minimum absolute atomic E-state index is 0.236. The SMILES string of the molecule is O=C(Nc1ccccc1C(=O)Nc1nc2ccccc2s1)c1cccs1. The first-order valence-electron chi connectivity index (χ1n) is 7.81. The van der Waals surface area contributed by atoms with E-state index in [1.54, 1.807) is 30.3 Å². The quantitative estimate of drug-likeness (QED) is 0.532. The van der Waals surface area contributed by atoms with Crippen LogP contribution in [0.15, 0.2) is 66.0 Å². The van der Waals surface area contributed by atoms with Crippen molar-refractivity contribution in [3.8, 4) is 0 Å². The number of thiazole rings is 1. The molecule has 128 valence electrons. The zero-order valence-corrected chi connectivity index (χ0v) is 15.1. The Labute approximate surface area is 157 Å². The van der Waals surface area contributed by atoms with Gasteiger partial charge in [0.15, 0.2) is 5.13 Å². The molecule has 2 amide bonds. The summed E-state index contributed by atoms with van der Waals surface area (Å²) >= 11 is 2.76. The molecule has 4 aromatic rings. The Balaban J connectivity index is 1.57. The molecule has 7 heteroatoms. The molecular weight excluding hydrogens is 366 g/mol. The fourth-order valence-corrected chi connectivity index (χ4v) is 3.95. The van der Waals surface area contributed by atoms with Gasteiger partial charge in [-0.05, 0) is 35.7 Å². The van der Waals surface area contributed by atoms with Gasteiger partial charge in [-0.3, -0.25) is 14.9 Å². The third-order valence-electron chi connectivity index (χ3n) is 3.68. The third kappa shape index (κ3) is 3.35. The van der Waals surface area contributed by atoms with Crippen molar-refractivity contribution in [2.75, 3.05) is 10.6 Å². The lowest BCUT2D eigenvalue weighted by atomic mass is 10.1. The molecule has 2 aromatic heterocycles. The summed E-state index contributed by atoms with van der Waals surface area (Å²) < 4.78 is 1.00. The molecule has 0 atom stereocenters. The number of rotatable bonds is 4. The summed E-state index contributed by atoms with van der Waals surface area (Å²) in [6.45, 7) is 0. The number of hydrogen-bond donors (Lipinski definition) is 2. The van der Waals surface area contributed by atoms with Crippen molar-refractivity contribution in [1.29, 1.82) is 0 Å². The lowest BCUT2D eigenvalue weighted by molar-refractivity contribution is 0.102. The van der Waals surface area contributed by atoms with Crippen molar-refractivity contribution in [2.24, 2.45) is 0 Å². The van der Waals surface area contributed by atoms with Gasteiger partial charge >= 0.3 is 0 Å². The van der Waals surface area contributed by atoms with Crippen LogP contribution in [0.1, 0.15) is 20.0 Å². The summed E-state index contributed by atoms with van der Waals surface area (Å²) in [7, 11) is 0. The van der Waals surface area contributed by atoms with Gasteiger partial charge in [-0.2, -0.15) is 0 Å². The molecule has 2 heterocycles. The highest BCUT2D eigenvalue weighted by atomic mass is 32.1. The average molecular weight is 379 g/mol. The second-order valence-electron chi connectivity index (χ2n) is 5.42. The number of hydrogen-bond acceptors (Lipinski definition) is 5. The first kappa shape index (κ1) is 16.4. The molecule has 0 spiro atoms. The summed E-state index contributed by atoms with van der Waals surface area (Å²) in [4.78, 5) is 30.0. The maximum Gasteiger partial charge on any atom is 0.265 e. The van der Waals surface area contributed by atoms with Crippen molar-refractivity contribution in [3.05, 3.63) is 76.5 Å². The molecule has 0 saturated heterocycles. The molecule has 5 nitrogen and oxygen atoms in total. The van der Waals surface area contributed by atoms with E-state index >= 15 is 0 Å². The summed E-state index contributed by atoms with van der Waals surface area (Å²) in [6, 6.07) is 18.2. The number of carbonyl (C=O) groups excluding carboxylic acids is 2. The topological polar surface area (TPSA) is 71.1 Å². The van der Waals surface area contributed by atoms with E-state index in [0.717, 1.165) is 10.2 Å². The molecule has 0 aliphatic rings. The van der Waals surface area contributed by atoms with Gasteiger partial charge < -0.3 is 5.32 Å². The van der Waals surface area contributed by atoms with Crippen molar-refractivity contribution >= 4 is 55.5 Å². The number of aromatic nitrogens is 1. The summed E-state index contributed by atoms with van der Waals surface area (Å²) in [5, 5.41) is 7.97. The highest BCUT2D eigenvalue weighted by molar-refractivity contribution is 7.22. The number of anilines is 2. The smallest absolute Gasteiger partial charge is 0.265 e. The highest BCUT2D eigenvalue weighted by Gasteiger charge is 2.16. The van der Waals surface area contributed by atoms with Crippen LogP contribution in [0.4, 0.5) is 10.8 Å². The van der Waals surface area contributed by atoms with Gasteiger partial charge in [0.1, 0.15) is 0 Å². The van der Waals surface area contributed by atoms with Crippen LogP contribution < -0.4 is 10.6 Å². The highest BCUT2D eigenvalue weighted by Crippen LogP contribution is 2.26. The van der Waals surface area contributed by atoms with E-state index in [-0.39, 0.29) is 11.8 Å². The lowest BCUT2D eigenvalue weighted by Crippen LogP contribution is -2.17. The zero-order valence-electron chi connectivity index (χ0n) is 13.4. The Hall–Kier alpha value is -3.03. The molecule has 0 fully saturated rings. The van der Waals surface area contributed by atoms with Crippen molar-refractivity contribution in [3.63, 3.8) is 0 Å². The Morgan fingerprint density at radius 2 is 1.65 bits per heavy atom. The number of para-hydroxylation sites is 2. The standard InChI is InChI=1S/C19H13N3O2S2/c23-17(22-19-21-14-8-3-4-9-15(14)26-19)12-6-1-2-7-13(12)20-18(24)16-10-5-11-25-16/h1-11H,(H,20,24)(H,21,22,23). The number of nitrogens with zero attached hydrogens (tertiary/aromatic N) is 1. The van der Waals surface area contributed by atoms with Crippen LogP contribution in [0.3, 0.4) is 0 Å². The Morgan fingerprint density at radius 3 is 2.46 bits per heavy atom. The molecule has 2 aromatic carbocycles. The van der Waals surface area contributed by atoms with Crippen molar-refractivity contribution in [2.45, 2.75) is 0 Å². The van der Waals surface area contributed by atoms with E-state index in [2.05, 4.69) is 15.6 Å². The molecule has 0 radical (unpaired) electrons. The predicted octanol–water partition coefficient (Wildman–Crippen LogP) is 4.86. The van der Waals surface area contributed by atoms with Crippen LogP contribution in [0.2, 0.25) is 0 Å². The van der Waals surface area contributed by atoms with Crippen LogP contribution >= 0.6 is 22.7 Å². The fourth-order valence-electron chi connectivity index (χ4n) is 2.47. The summed E-state index contributed by atoms with van der Waals surface area (Å²) in [6.07, 6.45) is 0. The Morgan fingerprint density at radius 1 is 0.846 bits per heavy atom. The molecule has 0 aliphatic heterocycles. The van der Waals surface area contributed by atoms with E-state index in [9.17, 15) is 9.59 Å². The molecule has 2 N–H and O–H groups in total. The maximum atomic E-state index is 12.7. The van der Waals surface area contributed by atoms with E-state index in [1.807, 2.05) is 35.7 Å². The minimum atomic E-state index is -0.314. The van der Waals surface area contributed by atoms with E-state index in [1.165, 1.54) is 22.7 Å². The fraction of sp³-hybridized carbons (Fsp3) is 0. The molecule has 0 aliphatic carbocycles. The Bertz CT molecular complexity index is 1050. The molecule has 0 saturated carbocycles. The monoisotopic (exact) mass is 379 g/mol. The van der Waals surface area contributed by atoms with Gasteiger partial charge in [0.05, 0.1) is 26.3 Å². The number of nitrogens with one attached hydrogen (secondary N) is 2. The van der Waals surface area contributed by atoms with Gasteiger partial charge in [-0.1, -0.05) is 41.7 Å². The minimum Gasteiger partial charge on any atom is -0.321 e. The average Bonchev–Trinajstić information content (AvgIpc) is 3.31. The molecule has 0 bridgehead atoms. The predicted molar refractivity (Wildman–Crippen MR) is 106 cm³/mol. The molecule has 0 unspecified atom stereocenters. The number of benzene rings is 2. The molecule has 4 rings (SSSR count). The van der Waals surface area contributed by atoms with Gasteiger partial charge in [0, 0.05) is 0 Å². The first-order chi connectivity index (χ1) is 12.7. The number of thiophene rings is 1. The second-order valence-corrected chi connectivity index (χ2v) is 7.40. The van der Waals surface area contributed by atoms with E-state index in [4.69, 9.17) is 0 Å². The van der Waals surface area contributed by atoms with Crippen LogP contribution in [-0.2, 0) is 0 Å². The van der Waals surface area contributed by atoms with Gasteiger partial charge in [-0.25, -0.2) is 4.98 Å². The zero-order chi connectivity index (χ0) is 17.9. The summed E-state index contributed by atoms with van der Waals surface area (Å²) in [5.41, 5.74) is 1.69. The number of carbonyl (C=O) groups is 2. The molecular formula is C19H13N3O2S2. The van der Waals surface area contributed by atoms with Gasteiger partial charge in [-0.15, -0.1) is 11.3 Å². The molecule has 26 heavy (non-hydrogen) atoms. The van der Waals surface area contributed by atoms with Crippen molar-refractivity contribution in [1.82, 2.24) is 4.98 Å².